The van der Waals surface area contributed by atoms with Crippen LogP contribution in [0.5, 0.6) is 0 Å². The van der Waals surface area contributed by atoms with E-state index in [2.05, 4.69) is 20.8 Å². The van der Waals surface area contributed by atoms with Crippen molar-refractivity contribution < 1.29 is 14.4 Å². The van der Waals surface area contributed by atoms with Crippen molar-refractivity contribution >= 4 is 5.97 Å². The molecule has 30 heavy (non-hydrogen) atoms. The van der Waals surface area contributed by atoms with Crippen molar-refractivity contribution in [1.29, 1.82) is 0 Å². The Bertz CT molecular complexity index is 348. The summed E-state index contributed by atoms with van der Waals surface area (Å²) < 4.78 is 1.40. The van der Waals surface area contributed by atoms with E-state index in [-0.39, 0.29) is 6.42 Å². The third kappa shape index (κ3) is 18.2. The summed E-state index contributed by atoms with van der Waals surface area (Å²) >= 11 is 0. The first-order chi connectivity index (χ1) is 14.6. The fourth-order valence-corrected chi connectivity index (χ4v) is 4.64. The molecule has 0 spiro atoms. The summed E-state index contributed by atoms with van der Waals surface area (Å²) in [5.41, 5.74) is 0. The highest BCUT2D eigenvalue weighted by Gasteiger charge is 2.24. The predicted molar refractivity (Wildman–Crippen MR) is 129 cm³/mol. The summed E-state index contributed by atoms with van der Waals surface area (Å²) in [6.07, 6.45) is 23.8. The number of carbonyl (C=O) groups is 1. The lowest BCUT2D eigenvalue weighted by Crippen LogP contribution is -2.50. The molecule has 0 atom stereocenters. The molecule has 0 rings (SSSR count). The van der Waals surface area contributed by atoms with Crippen molar-refractivity contribution in [3.05, 3.63) is 0 Å². The van der Waals surface area contributed by atoms with E-state index in [1.54, 1.807) is 0 Å². The smallest absolute Gasteiger partial charge is 0.0786 e. The van der Waals surface area contributed by atoms with Crippen LogP contribution in [-0.4, -0.2) is 36.6 Å². The van der Waals surface area contributed by atoms with Crippen molar-refractivity contribution in [1.82, 2.24) is 0 Å². The number of hydrogen-bond donors (Lipinski definition) is 0. The van der Waals surface area contributed by atoms with Gasteiger partial charge in [-0.25, -0.2) is 0 Å². The standard InChI is InChI=1S/C27H55NO2/c1-4-7-23-28(24-8-5-2,25-9-6-3)26-21-19-17-15-13-11-10-12-14-16-18-20-22-27(29)30/h4-26H2,1-3H3. The Balaban J connectivity index is 3.78. The summed E-state index contributed by atoms with van der Waals surface area (Å²) in [5.74, 6) is -0.900. The first kappa shape index (κ1) is 29.4. The quantitative estimate of drug-likeness (QED) is 0.123. The topological polar surface area (TPSA) is 40.1 Å². The van der Waals surface area contributed by atoms with Crippen LogP contribution in [0.3, 0.4) is 0 Å². The van der Waals surface area contributed by atoms with Crippen molar-refractivity contribution in [2.75, 3.05) is 26.2 Å². The van der Waals surface area contributed by atoms with E-state index in [1.165, 1.54) is 133 Å². The molecule has 0 fully saturated rings. The number of aliphatic carboxylic acids is 1. The highest BCUT2D eigenvalue weighted by molar-refractivity contribution is 5.63. The Hall–Kier alpha value is -0.570. The maximum Gasteiger partial charge on any atom is 0.0786 e. The average molecular weight is 426 g/mol. The molecule has 0 aromatic heterocycles. The number of carbonyl (C=O) groups excluding carboxylic acids is 1. The molecular formula is C27H55NO2. The zero-order valence-electron chi connectivity index (χ0n) is 21.0. The van der Waals surface area contributed by atoms with Gasteiger partial charge in [-0.2, -0.15) is 0 Å². The molecule has 0 amide bonds. The van der Waals surface area contributed by atoms with E-state index >= 15 is 0 Å². The molecule has 0 aromatic carbocycles. The van der Waals surface area contributed by atoms with Crippen LogP contribution >= 0.6 is 0 Å². The third-order valence-corrected chi connectivity index (χ3v) is 6.72. The second-order valence-electron chi connectivity index (χ2n) is 9.66. The van der Waals surface area contributed by atoms with Crippen LogP contribution in [0.25, 0.3) is 0 Å². The van der Waals surface area contributed by atoms with Crippen LogP contribution in [0.2, 0.25) is 0 Å². The molecule has 0 aromatic rings. The normalized spacial score (nSPS) is 11.8. The van der Waals surface area contributed by atoms with E-state index < -0.39 is 5.97 Å². The Kier molecular flexibility index (Phi) is 21.2. The van der Waals surface area contributed by atoms with Gasteiger partial charge < -0.3 is 14.4 Å². The van der Waals surface area contributed by atoms with Crippen LogP contribution in [0.15, 0.2) is 0 Å². The lowest BCUT2D eigenvalue weighted by molar-refractivity contribution is -0.929. The van der Waals surface area contributed by atoms with Crippen molar-refractivity contribution in [2.24, 2.45) is 0 Å². The molecule has 0 bridgehead atoms. The van der Waals surface area contributed by atoms with Crippen LogP contribution in [0.1, 0.15) is 143 Å². The fourth-order valence-electron chi connectivity index (χ4n) is 4.64. The molecule has 0 radical (unpaired) electrons. The monoisotopic (exact) mass is 425 g/mol. The van der Waals surface area contributed by atoms with Gasteiger partial charge in [-0.1, -0.05) is 97.8 Å². The lowest BCUT2D eigenvalue weighted by Gasteiger charge is -2.39. The SMILES string of the molecule is CCCC[N+](CCCC)(CCCC)CCCCCCCCCCCCCCC(=O)[O-]. The molecule has 0 aliphatic heterocycles. The fraction of sp³-hybridized carbons (Fsp3) is 0.963. The minimum atomic E-state index is -0.900. The summed E-state index contributed by atoms with van der Waals surface area (Å²) in [4.78, 5) is 10.4. The van der Waals surface area contributed by atoms with Gasteiger partial charge in [0.25, 0.3) is 0 Å². The predicted octanol–water partition coefficient (Wildman–Crippen LogP) is 7.02. The van der Waals surface area contributed by atoms with Gasteiger partial charge in [0.2, 0.25) is 0 Å². The van der Waals surface area contributed by atoms with Crippen LogP contribution in [0.4, 0.5) is 0 Å². The molecule has 0 aliphatic rings. The molecule has 0 saturated carbocycles. The summed E-state index contributed by atoms with van der Waals surface area (Å²) in [6.45, 7) is 12.7. The van der Waals surface area contributed by atoms with Gasteiger partial charge in [-0.15, -0.1) is 0 Å². The van der Waals surface area contributed by atoms with Crippen molar-refractivity contribution in [3.63, 3.8) is 0 Å². The zero-order chi connectivity index (χ0) is 22.3. The van der Waals surface area contributed by atoms with Gasteiger partial charge in [0.05, 0.1) is 26.2 Å². The second kappa shape index (κ2) is 21.7. The summed E-state index contributed by atoms with van der Waals surface area (Å²) in [7, 11) is 0. The minimum Gasteiger partial charge on any atom is -0.550 e. The number of hydrogen-bond acceptors (Lipinski definition) is 2. The van der Waals surface area contributed by atoms with Crippen LogP contribution < -0.4 is 5.11 Å². The Morgan fingerprint density at radius 1 is 0.500 bits per heavy atom. The minimum absolute atomic E-state index is 0.232. The number of carboxylic acid groups (broad SMARTS) is 1. The van der Waals surface area contributed by atoms with Gasteiger partial charge in [0.15, 0.2) is 0 Å². The zero-order valence-corrected chi connectivity index (χ0v) is 21.0. The Morgan fingerprint density at radius 3 is 1.13 bits per heavy atom. The molecule has 3 nitrogen and oxygen atoms in total. The number of nitrogens with zero attached hydrogens (tertiary/aromatic N) is 1. The Morgan fingerprint density at radius 2 is 0.800 bits per heavy atom. The van der Waals surface area contributed by atoms with Crippen LogP contribution in [0, 0.1) is 0 Å². The Labute approximate surface area is 189 Å². The molecule has 0 N–H and O–H groups in total. The molecule has 0 saturated heterocycles. The first-order valence-corrected chi connectivity index (χ1v) is 13.6. The van der Waals surface area contributed by atoms with Gasteiger partial charge >= 0.3 is 0 Å². The molecule has 3 heteroatoms. The molecule has 180 valence electrons. The largest absolute Gasteiger partial charge is 0.550 e. The number of quaternary nitrogens is 1. The molecular weight excluding hydrogens is 370 g/mol. The molecule has 0 heterocycles. The van der Waals surface area contributed by atoms with Crippen molar-refractivity contribution in [2.45, 2.75) is 143 Å². The molecule has 0 unspecified atom stereocenters. The highest BCUT2D eigenvalue weighted by Crippen LogP contribution is 2.18. The van der Waals surface area contributed by atoms with Crippen molar-refractivity contribution in [3.8, 4) is 0 Å². The third-order valence-electron chi connectivity index (χ3n) is 6.72. The van der Waals surface area contributed by atoms with Gasteiger partial charge in [-0.3, -0.25) is 0 Å². The van der Waals surface area contributed by atoms with Crippen LogP contribution in [-0.2, 0) is 4.79 Å². The maximum absolute atomic E-state index is 10.4. The van der Waals surface area contributed by atoms with E-state index in [0.717, 1.165) is 12.8 Å². The first-order valence-electron chi connectivity index (χ1n) is 13.6. The number of rotatable bonds is 24. The lowest BCUT2D eigenvalue weighted by atomic mass is 10.0. The van der Waals surface area contributed by atoms with Gasteiger partial charge in [0.1, 0.15) is 0 Å². The van der Waals surface area contributed by atoms with Gasteiger partial charge in [0, 0.05) is 5.97 Å². The van der Waals surface area contributed by atoms with Gasteiger partial charge in [-0.05, 0) is 44.9 Å². The van der Waals surface area contributed by atoms with E-state index in [4.69, 9.17) is 0 Å². The van der Waals surface area contributed by atoms with E-state index in [1.807, 2.05) is 0 Å². The number of carboxylic acids is 1. The average Bonchev–Trinajstić information content (AvgIpc) is 2.74. The van der Waals surface area contributed by atoms with E-state index in [0.29, 0.717) is 0 Å². The summed E-state index contributed by atoms with van der Waals surface area (Å²) in [6, 6.07) is 0. The molecule has 0 aliphatic carbocycles. The number of unbranched alkanes of at least 4 members (excludes halogenated alkanes) is 14. The maximum atomic E-state index is 10.4. The van der Waals surface area contributed by atoms with E-state index in [9.17, 15) is 9.90 Å². The highest BCUT2D eigenvalue weighted by atomic mass is 16.4. The second-order valence-corrected chi connectivity index (χ2v) is 9.66. The summed E-state index contributed by atoms with van der Waals surface area (Å²) in [5, 5.41) is 10.4.